The lowest BCUT2D eigenvalue weighted by Gasteiger charge is -2.28. The molecule has 0 unspecified atom stereocenters. The van der Waals surface area contributed by atoms with E-state index < -0.39 is 0 Å². The highest BCUT2D eigenvalue weighted by Gasteiger charge is 2.21. The molecule has 7 heteroatoms. The standard InChI is InChI=1S/C24H27Cl2N3O2/c1-4-16(2)27-24(30)22-15-31-23(28-22)14-29(17(3)18-8-6-5-7-9-18)13-19-10-11-20(25)12-21(19)26/h5-12,15-17H,4,13-14H2,1-3H3,(H,27,30)/t16-,17+/m1/s1. The van der Waals surface area contributed by atoms with E-state index in [1.807, 2.05) is 44.2 Å². The highest BCUT2D eigenvalue weighted by Crippen LogP contribution is 2.28. The number of halogens is 2. The molecule has 0 aliphatic carbocycles. The zero-order valence-corrected chi connectivity index (χ0v) is 19.5. The molecule has 0 radical (unpaired) electrons. The van der Waals surface area contributed by atoms with Crippen LogP contribution in [0.25, 0.3) is 0 Å². The molecule has 2 aromatic carbocycles. The van der Waals surface area contributed by atoms with Gasteiger partial charge in [-0.05, 0) is 43.5 Å². The van der Waals surface area contributed by atoms with Gasteiger partial charge in [0, 0.05) is 28.7 Å². The summed E-state index contributed by atoms with van der Waals surface area (Å²) in [5.74, 6) is 0.245. The third-order valence-electron chi connectivity index (χ3n) is 5.33. The molecule has 2 atom stereocenters. The van der Waals surface area contributed by atoms with Gasteiger partial charge in [0.15, 0.2) is 5.69 Å². The van der Waals surface area contributed by atoms with E-state index in [4.69, 9.17) is 27.6 Å². The Morgan fingerprint density at radius 3 is 2.55 bits per heavy atom. The SMILES string of the molecule is CC[C@@H](C)NC(=O)c1coc(CN(Cc2ccc(Cl)cc2Cl)[C@@H](C)c2ccccc2)n1. The van der Waals surface area contributed by atoms with Gasteiger partial charge in [-0.3, -0.25) is 9.69 Å². The molecule has 1 heterocycles. The maximum atomic E-state index is 12.4. The summed E-state index contributed by atoms with van der Waals surface area (Å²) >= 11 is 12.5. The van der Waals surface area contributed by atoms with Gasteiger partial charge in [-0.25, -0.2) is 4.98 Å². The smallest absolute Gasteiger partial charge is 0.273 e. The van der Waals surface area contributed by atoms with Gasteiger partial charge in [0.2, 0.25) is 5.89 Å². The van der Waals surface area contributed by atoms with Crippen molar-refractivity contribution in [1.82, 2.24) is 15.2 Å². The Bertz CT molecular complexity index is 1010. The van der Waals surface area contributed by atoms with Crippen LogP contribution in [0, 0.1) is 0 Å². The average Bonchev–Trinajstić information content (AvgIpc) is 3.23. The molecule has 3 aromatic rings. The van der Waals surface area contributed by atoms with Crippen LogP contribution >= 0.6 is 23.2 Å². The lowest BCUT2D eigenvalue weighted by Crippen LogP contribution is -2.32. The molecule has 31 heavy (non-hydrogen) atoms. The maximum absolute atomic E-state index is 12.4. The number of carbonyl (C=O) groups excluding carboxylic acids is 1. The fraction of sp³-hybridized carbons (Fsp3) is 0.333. The highest BCUT2D eigenvalue weighted by molar-refractivity contribution is 6.35. The molecule has 0 bridgehead atoms. The fourth-order valence-corrected chi connectivity index (χ4v) is 3.67. The number of rotatable bonds is 9. The molecule has 0 fully saturated rings. The second-order valence-electron chi connectivity index (χ2n) is 7.64. The lowest BCUT2D eigenvalue weighted by atomic mass is 10.1. The van der Waals surface area contributed by atoms with E-state index in [1.165, 1.54) is 6.26 Å². The van der Waals surface area contributed by atoms with Gasteiger partial charge in [-0.15, -0.1) is 0 Å². The lowest BCUT2D eigenvalue weighted by molar-refractivity contribution is 0.0934. The molecule has 0 aliphatic rings. The molecular formula is C24H27Cl2N3O2. The maximum Gasteiger partial charge on any atom is 0.273 e. The minimum Gasteiger partial charge on any atom is -0.447 e. The summed E-state index contributed by atoms with van der Waals surface area (Å²) < 4.78 is 5.64. The minimum atomic E-state index is -0.229. The molecule has 0 saturated carbocycles. The number of amides is 1. The number of nitrogens with zero attached hydrogens (tertiary/aromatic N) is 2. The number of nitrogens with one attached hydrogen (secondary N) is 1. The molecule has 0 spiro atoms. The van der Waals surface area contributed by atoms with E-state index in [9.17, 15) is 4.79 Å². The number of hydrogen-bond acceptors (Lipinski definition) is 4. The van der Waals surface area contributed by atoms with Crippen molar-refractivity contribution in [2.75, 3.05) is 0 Å². The highest BCUT2D eigenvalue weighted by atomic mass is 35.5. The van der Waals surface area contributed by atoms with E-state index in [0.29, 0.717) is 29.0 Å². The van der Waals surface area contributed by atoms with Crippen LogP contribution < -0.4 is 5.32 Å². The summed E-state index contributed by atoms with van der Waals surface area (Å²) in [5, 5.41) is 4.12. The fourth-order valence-electron chi connectivity index (χ4n) is 3.20. The monoisotopic (exact) mass is 459 g/mol. The van der Waals surface area contributed by atoms with E-state index in [1.54, 1.807) is 6.07 Å². The minimum absolute atomic E-state index is 0.0669. The first-order chi connectivity index (χ1) is 14.9. The predicted molar refractivity (Wildman–Crippen MR) is 124 cm³/mol. The zero-order chi connectivity index (χ0) is 22.4. The van der Waals surface area contributed by atoms with Gasteiger partial charge in [0.05, 0.1) is 6.54 Å². The second kappa shape index (κ2) is 10.8. The Morgan fingerprint density at radius 2 is 1.87 bits per heavy atom. The molecule has 1 aromatic heterocycles. The molecular weight excluding hydrogens is 433 g/mol. The third kappa shape index (κ3) is 6.33. The molecule has 164 valence electrons. The number of oxazole rings is 1. The molecule has 1 N–H and O–H groups in total. The Labute approximate surface area is 193 Å². The number of hydrogen-bond donors (Lipinski definition) is 1. The summed E-state index contributed by atoms with van der Waals surface area (Å²) in [6.07, 6.45) is 2.26. The molecule has 0 aliphatic heterocycles. The molecule has 3 rings (SSSR count). The van der Waals surface area contributed by atoms with Crippen molar-refractivity contribution in [3.8, 4) is 0 Å². The quantitative estimate of drug-likeness (QED) is 0.409. The van der Waals surface area contributed by atoms with Crippen molar-refractivity contribution in [3.63, 3.8) is 0 Å². The number of aromatic nitrogens is 1. The molecule has 0 saturated heterocycles. The summed E-state index contributed by atoms with van der Waals surface area (Å²) in [7, 11) is 0. The van der Waals surface area contributed by atoms with Crippen LogP contribution in [0.4, 0.5) is 0 Å². The van der Waals surface area contributed by atoms with E-state index >= 15 is 0 Å². The van der Waals surface area contributed by atoms with Crippen molar-refractivity contribution < 1.29 is 9.21 Å². The van der Waals surface area contributed by atoms with Crippen LogP contribution in [0.5, 0.6) is 0 Å². The van der Waals surface area contributed by atoms with Crippen LogP contribution in [-0.4, -0.2) is 21.8 Å². The van der Waals surface area contributed by atoms with Gasteiger partial charge >= 0.3 is 0 Å². The second-order valence-corrected chi connectivity index (χ2v) is 8.48. The van der Waals surface area contributed by atoms with Gasteiger partial charge in [0.1, 0.15) is 6.26 Å². The van der Waals surface area contributed by atoms with E-state index in [-0.39, 0.29) is 23.7 Å². The van der Waals surface area contributed by atoms with Crippen LogP contribution in [0.3, 0.4) is 0 Å². The Hall–Kier alpha value is -2.34. The average molecular weight is 460 g/mol. The van der Waals surface area contributed by atoms with Crippen LogP contribution in [-0.2, 0) is 13.1 Å². The first kappa shape index (κ1) is 23.3. The van der Waals surface area contributed by atoms with E-state index in [0.717, 1.165) is 17.5 Å². The number of carbonyl (C=O) groups is 1. The number of benzene rings is 2. The normalized spacial score (nSPS) is 13.2. The topological polar surface area (TPSA) is 58.4 Å². The van der Waals surface area contributed by atoms with Crippen LogP contribution in [0.2, 0.25) is 10.0 Å². The third-order valence-corrected chi connectivity index (χ3v) is 5.92. The van der Waals surface area contributed by atoms with Gasteiger partial charge in [0.25, 0.3) is 5.91 Å². The van der Waals surface area contributed by atoms with Gasteiger partial charge in [-0.1, -0.05) is 66.5 Å². The Balaban J connectivity index is 1.82. The van der Waals surface area contributed by atoms with Crippen LogP contribution in [0.15, 0.2) is 59.2 Å². The summed E-state index contributed by atoms with van der Waals surface area (Å²) in [6.45, 7) is 7.09. The first-order valence-corrected chi connectivity index (χ1v) is 11.1. The van der Waals surface area contributed by atoms with Crippen molar-refractivity contribution in [3.05, 3.63) is 87.6 Å². The van der Waals surface area contributed by atoms with Crippen LogP contribution in [0.1, 0.15) is 60.7 Å². The van der Waals surface area contributed by atoms with Gasteiger partial charge < -0.3 is 9.73 Å². The summed E-state index contributed by atoms with van der Waals surface area (Å²) in [6, 6.07) is 15.8. The Kier molecular flexibility index (Phi) is 8.13. The predicted octanol–water partition coefficient (Wildman–Crippen LogP) is 6.27. The summed E-state index contributed by atoms with van der Waals surface area (Å²) in [5.41, 5.74) is 2.40. The first-order valence-electron chi connectivity index (χ1n) is 10.4. The van der Waals surface area contributed by atoms with Crippen molar-refractivity contribution in [1.29, 1.82) is 0 Å². The summed E-state index contributed by atoms with van der Waals surface area (Å²) in [4.78, 5) is 19.0. The van der Waals surface area contributed by atoms with Gasteiger partial charge in [-0.2, -0.15) is 0 Å². The van der Waals surface area contributed by atoms with E-state index in [2.05, 4.69) is 34.3 Å². The molecule has 5 nitrogen and oxygen atoms in total. The zero-order valence-electron chi connectivity index (χ0n) is 17.9. The van der Waals surface area contributed by atoms with Crippen molar-refractivity contribution >= 4 is 29.1 Å². The molecule has 1 amide bonds. The Morgan fingerprint density at radius 1 is 1.13 bits per heavy atom. The van der Waals surface area contributed by atoms with Crippen molar-refractivity contribution in [2.24, 2.45) is 0 Å². The van der Waals surface area contributed by atoms with Crippen molar-refractivity contribution in [2.45, 2.75) is 52.4 Å². The largest absolute Gasteiger partial charge is 0.447 e.